The molecule has 0 aliphatic heterocycles. The highest BCUT2D eigenvalue weighted by Gasteiger charge is 2.19. The van der Waals surface area contributed by atoms with Gasteiger partial charge in [-0.2, -0.15) is 5.10 Å². The Kier molecular flexibility index (Phi) is 2.70. The molecule has 2 aromatic rings. The van der Waals surface area contributed by atoms with Crippen molar-refractivity contribution < 1.29 is 0 Å². The molecule has 96 valence electrons. The van der Waals surface area contributed by atoms with Crippen LogP contribution in [0.1, 0.15) is 37.1 Å². The Labute approximate surface area is 105 Å². The number of hydrogen-bond acceptors (Lipinski definition) is 3. The van der Waals surface area contributed by atoms with E-state index in [0.29, 0.717) is 0 Å². The van der Waals surface area contributed by atoms with Gasteiger partial charge in [0.15, 0.2) is 0 Å². The van der Waals surface area contributed by atoms with Crippen LogP contribution in [0.5, 0.6) is 0 Å². The van der Waals surface area contributed by atoms with E-state index in [1.54, 1.807) is 0 Å². The molecule has 2 heterocycles. The van der Waals surface area contributed by atoms with Crippen molar-refractivity contribution in [3.8, 4) is 0 Å². The average Bonchev–Trinajstić information content (AvgIpc) is 2.82. The lowest BCUT2D eigenvalue weighted by molar-refractivity contribution is 0.443. The molecule has 0 aromatic carbocycles. The summed E-state index contributed by atoms with van der Waals surface area (Å²) in [6.07, 6.45) is 6.12. The zero-order chi connectivity index (χ0) is 12.7. The summed E-state index contributed by atoms with van der Waals surface area (Å²) in [7, 11) is 1.88. The molecule has 1 atom stereocenters. The van der Waals surface area contributed by atoms with Crippen molar-refractivity contribution in [1.82, 2.24) is 20.1 Å². The molecule has 5 nitrogen and oxygen atoms in total. The highest BCUT2D eigenvalue weighted by molar-refractivity contribution is 5.80. The third kappa shape index (κ3) is 1.58. The second kappa shape index (κ2) is 4.24. The summed E-state index contributed by atoms with van der Waals surface area (Å²) < 4.78 is 1.84. The number of pyridine rings is 1. The van der Waals surface area contributed by atoms with Gasteiger partial charge in [0.25, 0.3) is 5.56 Å². The van der Waals surface area contributed by atoms with Crippen molar-refractivity contribution in [3.05, 3.63) is 27.7 Å². The molecule has 0 amide bonds. The minimum Gasteiger partial charge on any atom is -0.306 e. The fourth-order valence-corrected chi connectivity index (χ4v) is 2.76. The smallest absolute Gasteiger partial charge is 0.253 e. The number of fused-ring (bicyclic) bond motifs is 3. The first kappa shape index (κ1) is 11.5. The van der Waals surface area contributed by atoms with Gasteiger partial charge in [0, 0.05) is 10.9 Å². The average molecular weight is 246 g/mol. The number of nitrogens with one attached hydrogen (secondary N) is 2. The molecule has 0 saturated carbocycles. The van der Waals surface area contributed by atoms with Crippen LogP contribution in [0.25, 0.3) is 11.0 Å². The Morgan fingerprint density at radius 2 is 2.11 bits per heavy atom. The second-order valence-electron chi connectivity index (χ2n) is 4.93. The first-order chi connectivity index (χ1) is 8.72. The van der Waals surface area contributed by atoms with Gasteiger partial charge in [-0.3, -0.25) is 10.1 Å². The number of H-pyrrole nitrogens is 1. The van der Waals surface area contributed by atoms with Crippen molar-refractivity contribution in [2.75, 3.05) is 7.05 Å². The molecule has 3 rings (SSSR count). The van der Waals surface area contributed by atoms with E-state index in [0.717, 1.165) is 42.3 Å². The van der Waals surface area contributed by atoms with Gasteiger partial charge in [0.05, 0.1) is 6.20 Å². The van der Waals surface area contributed by atoms with Gasteiger partial charge in [-0.15, -0.1) is 0 Å². The number of nitrogens with zero attached hydrogens (tertiary/aromatic N) is 2. The van der Waals surface area contributed by atoms with E-state index in [1.165, 1.54) is 5.56 Å². The Morgan fingerprint density at radius 1 is 1.39 bits per heavy atom. The summed E-state index contributed by atoms with van der Waals surface area (Å²) in [6.45, 7) is 2.02. The second-order valence-corrected chi connectivity index (χ2v) is 4.93. The Bertz CT molecular complexity index is 640. The molecule has 5 heteroatoms. The van der Waals surface area contributed by atoms with Crippen LogP contribution in [0.3, 0.4) is 0 Å². The number of aryl methyl sites for hydroxylation is 1. The number of rotatable bonds is 2. The van der Waals surface area contributed by atoms with E-state index in [4.69, 9.17) is 0 Å². The summed E-state index contributed by atoms with van der Waals surface area (Å²) in [5.41, 5.74) is 3.06. The predicted octanol–water partition coefficient (Wildman–Crippen LogP) is 1.34. The van der Waals surface area contributed by atoms with Crippen molar-refractivity contribution in [2.24, 2.45) is 0 Å². The third-order valence-electron chi connectivity index (χ3n) is 3.88. The fourth-order valence-electron chi connectivity index (χ4n) is 2.76. The molecular formula is C13H18N4O. The topological polar surface area (TPSA) is 62.7 Å². The number of aromatic amines is 1. The molecule has 0 radical (unpaired) electrons. The summed E-state index contributed by atoms with van der Waals surface area (Å²) in [5.74, 6) is 0. The fraction of sp³-hybridized carbons (Fsp3) is 0.538. The van der Waals surface area contributed by atoms with Gasteiger partial charge in [-0.25, -0.2) is 4.68 Å². The van der Waals surface area contributed by atoms with E-state index in [2.05, 4.69) is 15.4 Å². The van der Waals surface area contributed by atoms with Crippen LogP contribution in [0.4, 0.5) is 0 Å². The zero-order valence-corrected chi connectivity index (χ0v) is 10.8. The van der Waals surface area contributed by atoms with Gasteiger partial charge >= 0.3 is 0 Å². The molecule has 0 fully saturated rings. The minimum atomic E-state index is 0.0576. The van der Waals surface area contributed by atoms with E-state index in [1.807, 2.05) is 24.9 Å². The van der Waals surface area contributed by atoms with Gasteiger partial charge < -0.3 is 4.98 Å². The molecule has 2 aromatic heterocycles. The highest BCUT2D eigenvalue weighted by atomic mass is 16.1. The van der Waals surface area contributed by atoms with Crippen molar-refractivity contribution in [2.45, 2.75) is 38.8 Å². The quantitative estimate of drug-likeness (QED) is 0.840. The van der Waals surface area contributed by atoms with Crippen LogP contribution < -0.4 is 10.9 Å². The lowest BCUT2D eigenvalue weighted by Crippen LogP contribution is -2.24. The standard InChI is InChI=1S/C13H18N4O/c1-8(14-2)17-12-11(7-15-17)9-5-3-4-6-10(9)13(18)16-12/h7-8,14H,3-6H2,1-2H3,(H,16,18). The molecule has 0 spiro atoms. The van der Waals surface area contributed by atoms with E-state index < -0.39 is 0 Å². The summed E-state index contributed by atoms with van der Waals surface area (Å²) in [4.78, 5) is 15.1. The van der Waals surface area contributed by atoms with Crippen molar-refractivity contribution >= 4 is 11.0 Å². The Balaban J connectivity index is 2.29. The predicted molar refractivity (Wildman–Crippen MR) is 70.8 cm³/mol. The molecular weight excluding hydrogens is 228 g/mol. The summed E-state index contributed by atoms with van der Waals surface area (Å²) in [6, 6.07) is 0. The van der Waals surface area contributed by atoms with Crippen LogP contribution in [-0.4, -0.2) is 21.8 Å². The Hall–Kier alpha value is -1.62. The molecule has 1 aliphatic carbocycles. The molecule has 1 aliphatic rings. The molecule has 0 bridgehead atoms. The lowest BCUT2D eigenvalue weighted by atomic mass is 9.91. The van der Waals surface area contributed by atoms with Gasteiger partial charge in [-0.05, 0) is 45.2 Å². The largest absolute Gasteiger partial charge is 0.306 e. The summed E-state index contributed by atoms with van der Waals surface area (Å²) in [5, 5.41) is 8.64. The van der Waals surface area contributed by atoms with Crippen molar-refractivity contribution in [1.29, 1.82) is 0 Å². The molecule has 2 N–H and O–H groups in total. The van der Waals surface area contributed by atoms with E-state index in [-0.39, 0.29) is 11.7 Å². The van der Waals surface area contributed by atoms with Gasteiger partial charge in [0.2, 0.25) is 0 Å². The van der Waals surface area contributed by atoms with Gasteiger partial charge in [-0.1, -0.05) is 0 Å². The van der Waals surface area contributed by atoms with Crippen LogP contribution in [0, 0.1) is 0 Å². The first-order valence-electron chi connectivity index (χ1n) is 6.51. The summed E-state index contributed by atoms with van der Waals surface area (Å²) >= 11 is 0. The van der Waals surface area contributed by atoms with Crippen LogP contribution in [0.2, 0.25) is 0 Å². The SMILES string of the molecule is CNC(C)n1ncc2c3c(c(=O)[nH]c21)CCCC3. The zero-order valence-electron chi connectivity index (χ0n) is 10.8. The molecule has 18 heavy (non-hydrogen) atoms. The van der Waals surface area contributed by atoms with E-state index in [9.17, 15) is 4.79 Å². The number of aromatic nitrogens is 3. The van der Waals surface area contributed by atoms with Crippen molar-refractivity contribution in [3.63, 3.8) is 0 Å². The van der Waals surface area contributed by atoms with Crippen LogP contribution in [0.15, 0.2) is 11.0 Å². The molecule has 0 saturated heterocycles. The maximum Gasteiger partial charge on any atom is 0.253 e. The first-order valence-corrected chi connectivity index (χ1v) is 6.51. The monoisotopic (exact) mass is 246 g/mol. The third-order valence-corrected chi connectivity index (χ3v) is 3.88. The Morgan fingerprint density at radius 3 is 2.83 bits per heavy atom. The minimum absolute atomic E-state index is 0.0576. The maximum absolute atomic E-state index is 12.1. The lowest BCUT2D eigenvalue weighted by Gasteiger charge is -2.16. The van der Waals surface area contributed by atoms with Gasteiger partial charge in [0.1, 0.15) is 11.8 Å². The van der Waals surface area contributed by atoms with Crippen LogP contribution in [-0.2, 0) is 12.8 Å². The molecule has 1 unspecified atom stereocenters. The van der Waals surface area contributed by atoms with E-state index >= 15 is 0 Å². The maximum atomic E-state index is 12.1. The highest BCUT2D eigenvalue weighted by Crippen LogP contribution is 2.25. The normalized spacial score (nSPS) is 16.8. The number of hydrogen-bond donors (Lipinski definition) is 2. The van der Waals surface area contributed by atoms with Crippen LogP contribution >= 0.6 is 0 Å².